The second-order valence-electron chi connectivity index (χ2n) is 5.11. The minimum Gasteiger partial charge on any atom is -0.355 e. The molecule has 8 heteroatoms. The van der Waals surface area contributed by atoms with Crippen LogP contribution in [0, 0.1) is 13.8 Å². The van der Waals surface area contributed by atoms with Gasteiger partial charge < -0.3 is 4.52 Å². The third kappa shape index (κ3) is 2.75. The van der Waals surface area contributed by atoms with E-state index in [0.29, 0.717) is 11.5 Å². The molecule has 0 aliphatic carbocycles. The number of hydrogen-bond acceptors (Lipinski definition) is 7. The molecule has 0 saturated carbocycles. The van der Waals surface area contributed by atoms with E-state index in [9.17, 15) is 0 Å². The van der Waals surface area contributed by atoms with Gasteiger partial charge in [-0.15, -0.1) is 21.5 Å². The van der Waals surface area contributed by atoms with Gasteiger partial charge in [0.05, 0.1) is 10.6 Å². The van der Waals surface area contributed by atoms with E-state index in [1.165, 1.54) is 0 Å². The first kappa shape index (κ1) is 14.4. The van der Waals surface area contributed by atoms with Gasteiger partial charge in [0.1, 0.15) is 0 Å². The number of thiophene rings is 1. The maximum absolute atomic E-state index is 5.40. The average Bonchev–Trinajstić information content (AvgIpc) is 3.25. The maximum atomic E-state index is 5.40. The van der Waals surface area contributed by atoms with E-state index >= 15 is 0 Å². The lowest BCUT2D eigenvalue weighted by atomic mass is 10.3. The molecule has 0 unspecified atom stereocenters. The Bertz CT molecular complexity index is 958. The van der Waals surface area contributed by atoms with Crippen molar-refractivity contribution < 1.29 is 4.52 Å². The normalized spacial score (nSPS) is 11.4. The lowest BCUT2D eigenvalue weighted by Gasteiger charge is -2.02. The van der Waals surface area contributed by atoms with Gasteiger partial charge in [-0.3, -0.25) is 4.40 Å². The summed E-state index contributed by atoms with van der Waals surface area (Å²) < 4.78 is 7.35. The minimum atomic E-state index is 0.629. The van der Waals surface area contributed by atoms with E-state index in [4.69, 9.17) is 4.52 Å². The molecule has 0 spiro atoms. The molecule has 0 fully saturated rings. The molecular formula is C15H13N5OS2. The molecule has 0 atom stereocenters. The summed E-state index contributed by atoms with van der Waals surface area (Å²) in [4.78, 5) is 5.47. The molecule has 4 aromatic rings. The van der Waals surface area contributed by atoms with Gasteiger partial charge in [0.15, 0.2) is 10.9 Å². The highest BCUT2D eigenvalue weighted by Crippen LogP contribution is 2.28. The van der Waals surface area contributed by atoms with E-state index in [1.54, 1.807) is 23.1 Å². The van der Waals surface area contributed by atoms with Crippen LogP contribution in [0.3, 0.4) is 0 Å². The van der Waals surface area contributed by atoms with Gasteiger partial charge in [0, 0.05) is 23.2 Å². The topological polar surface area (TPSA) is 69.1 Å². The molecule has 4 rings (SSSR count). The lowest BCUT2D eigenvalue weighted by Crippen LogP contribution is -1.97. The predicted molar refractivity (Wildman–Crippen MR) is 89.6 cm³/mol. The Morgan fingerprint density at radius 2 is 2.17 bits per heavy atom. The Hall–Kier alpha value is -2.19. The van der Waals surface area contributed by atoms with Crippen molar-refractivity contribution in [2.75, 3.05) is 0 Å². The fourth-order valence-corrected chi connectivity index (χ4v) is 3.89. The van der Waals surface area contributed by atoms with Crippen LogP contribution in [0.2, 0.25) is 0 Å². The van der Waals surface area contributed by atoms with Crippen molar-refractivity contribution in [1.29, 1.82) is 0 Å². The number of rotatable bonds is 4. The zero-order valence-electron chi connectivity index (χ0n) is 12.6. The van der Waals surface area contributed by atoms with E-state index in [0.717, 1.165) is 32.9 Å². The third-order valence-electron chi connectivity index (χ3n) is 3.34. The average molecular weight is 343 g/mol. The molecule has 116 valence electrons. The van der Waals surface area contributed by atoms with Crippen LogP contribution in [-0.2, 0) is 5.75 Å². The zero-order chi connectivity index (χ0) is 15.8. The second kappa shape index (κ2) is 5.78. The molecule has 0 N–H and O–H groups in total. The Kier molecular flexibility index (Phi) is 3.62. The van der Waals surface area contributed by atoms with Crippen LogP contribution in [0.4, 0.5) is 0 Å². The van der Waals surface area contributed by atoms with Crippen molar-refractivity contribution in [3.05, 3.63) is 46.7 Å². The summed E-state index contributed by atoms with van der Waals surface area (Å²) >= 11 is 3.21. The van der Waals surface area contributed by atoms with Gasteiger partial charge in [0.2, 0.25) is 0 Å². The van der Waals surface area contributed by atoms with Gasteiger partial charge in [-0.25, -0.2) is 4.98 Å². The first-order valence-electron chi connectivity index (χ1n) is 7.02. The molecular weight excluding hydrogens is 330 g/mol. The first-order valence-corrected chi connectivity index (χ1v) is 8.89. The second-order valence-corrected chi connectivity index (χ2v) is 7.00. The lowest BCUT2D eigenvalue weighted by molar-refractivity contribution is 0.427. The van der Waals surface area contributed by atoms with Gasteiger partial charge in [-0.2, -0.15) is 0 Å². The van der Waals surface area contributed by atoms with E-state index < -0.39 is 0 Å². The largest absolute Gasteiger partial charge is 0.355 e. The zero-order valence-corrected chi connectivity index (χ0v) is 14.2. The van der Waals surface area contributed by atoms with Crippen LogP contribution in [-0.4, -0.2) is 24.7 Å². The molecule has 4 aromatic heterocycles. The summed E-state index contributed by atoms with van der Waals surface area (Å²) in [5, 5.41) is 15.3. The first-order chi connectivity index (χ1) is 11.2. The third-order valence-corrected chi connectivity index (χ3v) is 5.18. The molecule has 0 radical (unpaired) electrons. The Labute approximate surface area is 140 Å². The fraction of sp³-hybridized carbons (Fsp3) is 0.200. The summed E-state index contributed by atoms with van der Waals surface area (Å²) in [6, 6.07) is 8.01. The van der Waals surface area contributed by atoms with Gasteiger partial charge in [-0.05, 0) is 31.4 Å². The molecule has 6 nitrogen and oxygen atoms in total. The van der Waals surface area contributed by atoms with Crippen molar-refractivity contribution in [3.63, 3.8) is 0 Å². The van der Waals surface area contributed by atoms with Crippen molar-refractivity contribution in [3.8, 4) is 10.6 Å². The van der Waals surface area contributed by atoms with Crippen LogP contribution in [0.15, 0.2) is 39.3 Å². The standard InChI is InChI=1S/C15H13N5OS2/c1-9-6-10(2)20-14(16-9)17-18-15(20)23-8-11-7-12(21-19-11)13-4-3-5-22-13/h3-7H,8H2,1-2H3. The summed E-state index contributed by atoms with van der Waals surface area (Å²) in [5.41, 5.74) is 2.89. The highest BCUT2D eigenvalue weighted by Gasteiger charge is 2.13. The van der Waals surface area contributed by atoms with Crippen LogP contribution in [0.1, 0.15) is 17.1 Å². The predicted octanol–water partition coefficient (Wildman–Crippen LogP) is 3.75. The Morgan fingerprint density at radius 3 is 3.00 bits per heavy atom. The van der Waals surface area contributed by atoms with Gasteiger partial charge in [0.25, 0.3) is 5.78 Å². The number of hydrogen-bond donors (Lipinski definition) is 0. The SMILES string of the molecule is Cc1cc(C)n2c(SCc3cc(-c4cccs4)on3)nnc2n1. The molecule has 0 aliphatic heterocycles. The monoisotopic (exact) mass is 343 g/mol. The molecule has 0 aliphatic rings. The highest BCUT2D eigenvalue weighted by atomic mass is 32.2. The molecule has 0 aromatic carbocycles. The smallest absolute Gasteiger partial charge is 0.256 e. The number of aryl methyl sites for hydroxylation is 2. The number of nitrogens with zero attached hydrogens (tertiary/aromatic N) is 5. The van der Waals surface area contributed by atoms with Crippen LogP contribution >= 0.6 is 23.1 Å². The van der Waals surface area contributed by atoms with Crippen molar-refractivity contribution in [1.82, 2.24) is 24.7 Å². The molecule has 4 heterocycles. The fourth-order valence-electron chi connectivity index (χ4n) is 2.35. The van der Waals surface area contributed by atoms with Gasteiger partial charge >= 0.3 is 0 Å². The number of fused-ring (bicyclic) bond motifs is 1. The molecule has 23 heavy (non-hydrogen) atoms. The summed E-state index contributed by atoms with van der Waals surface area (Å²) in [7, 11) is 0. The number of aromatic nitrogens is 5. The van der Waals surface area contributed by atoms with E-state index in [-0.39, 0.29) is 0 Å². The summed E-state index contributed by atoms with van der Waals surface area (Å²) in [6.07, 6.45) is 0. The van der Waals surface area contributed by atoms with Gasteiger partial charge in [-0.1, -0.05) is 23.0 Å². The summed E-state index contributed by atoms with van der Waals surface area (Å²) in [5.74, 6) is 2.10. The van der Waals surface area contributed by atoms with Crippen molar-refractivity contribution >= 4 is 28.9 Å². The van der Waals surface area contributed by atoms with E-state index in [2.05, 4.69) is 20.3 Å². The molecule has 0 bridgehead atoms. The Morgan fingerprint density at radius 1 is 1.26 bits per heavy atom. The minimum absolute atomic E-state index is 0.629. The van der Waals surface area contributed by atoms with Crippen molar-refractivity contribution in [2.24, 2.45) is 0 Å². The Balaban J connectivity index is 1.56. The van der Waals surface area contributed by atoms with Crippen LogP contribution in [0.5, 0.6) is 0 Å². The molecule has 0 saturated heterocycles. The van der Waals surface area contributed by atoms with Crippen LogP contribution < -0.4 is 0 Å². The quantitative estimate of drug-likeness (QED) is 0.526. The van der Waals surface area contributed by atoms with Crippen molar-refractivity contribution in [2.45, 2.75) is 24.8 Å². The maximum Gasteiger partial charge on any atom is 0.256 e. The molecule has 0 amide bonds. The highest BCUT2D eigenvalue weighted by molar-refractivity contribution is 7.98. The van der Waals surface area contributed by atoms with Crippen LogP contribution in [0.25, 0.3) is 16.4 Å². The van der Waals surface area contributed by atoms with E-state index in [1.807, 2.05) is 47.9 Å². The summed E-state index contributed by atoms with van der Waals surface area (Å²) in [6.45, 7) is 3.98. The number of thioether (sulfide) groups is 1.